The zero-order valence-corrected chi connectivity index (χ0v) is 45.7. The normalized spacial score (nSPS) is 34.1. The average molecular weight is 936 g/mol. The smallest absolute Gasteiger partial charge is 0.306 e. The van der Waals surface area contributed by atoms with Crippen LogP contribution in [0.25, 0.3) is 0 Å². The van der Waals surface area contributed by atoms with Gasteiger partial charge in [-0.1, -0.05) is 215 Å². The zero-order chi connectivity index (χ0) is 48.6. The molecule has 0 aromatic rings. The minimum Gasteiger partial charge on any atom is -0.465 e. The largest absolute Gasteiger partial charge is 0.465 e. The molecular formula is C62H110O5. The number of ether oxygens (including phenoxy) is 2. The highest BCUT2D eigenvalue weighted by atomic mass is 16.6. The van der Waals surface area contributed by atoms with Crippen molar-refractivity contribution in [2.24, 2.45) is 56.7 Å². The maximum atomic E-state index is 13.4. The lowest BCUT2D eigenvalue weighted by Crippen LogP contribution is -2.68. The van der Waals surface area contributed by atoms with Crippen LogP contribution in [0.1, 0.15) is 293 Å². The van der Waals surface area contributed by atoms with Crippen molar-refractivity contribution >= 4 is 11.9 Å². The number of hydrogen-bond donors (Lipinski definition) is 1. The lowest BCUT2D eigenvalue weighted by atomic mass is 9.32. The molecule has 0 aromatic heterocycles. The Morgan fingerprint density at radius 1 is 0.552 bits per heavy atom. The van der Waals surface area contributed by atoms with Crippen molar-refractivity contribution in [3.05, 3.63) is 12.2 Å². The van der Waals surface area contributed by atoms with Gasteiger partial charge < -0.3 is 14.6 Å². The van der Waals surface area contributed by atoms with Crippen molar-refractivity contribution in [2.75, 3.05) is 6.61 Å². The molecule has 1 N–H and O–H groups in total. The molecule has 0 amide bonds. The second-order valence-corrected chi connectivity index (χ2v) is 25.7. The van der Waals surface area contributed by atoms with Gasteiger partial charge in [0.2, 0.25) is 0 Å². The molecule has 5 fully saturated rings. The highest BCUT2D eigenvalue weighted by Gasteiger charge is 2.72. The molecule has 0 heterocycles. The van der Waals surface area contributed by atoms with Gasteiger partial charge >= 0.3 is 11.9 Å². The van der Waals surface area contributed by atoms with Crippen LogP contribution in [0, 0.1) is 56.7 Å². The van der Waals surface area contributed by atoms with Crippen molar-refractivity contribution in [3.63, 3.8) is 0 Å². The molecular weight excluding hydrogens is 825 g/mol. The van der Waals surface area contributed by atoms with E-state index in [1.54, 1.807) is 0 Å². The maximum Gasteiger partial charge on any atom is 0.306 e. The van der Waals surface area contributed by atoms with E-state index in [2.05, 4.69) is 62.0 Å². The van der Waals surface area contributed by atoms with Gasteiger partial charge in [0, 0.05) is 23.7 Å². The molecule has 0 radical (unpaired) electrons. The zero-order valence-electron chi connectivity index (χ0n) is 45.7. The molecule has 0 aliphatic heterocycles. The van der Waals surface area contributed by atoms with Crippen molar-refractivity contribution in [1.29, 1.82) is 0 Å². The predicted molar refractivity (Wildman–Crippen MR) is 282 cm³/mol. The first-order valence-corrected chi connectivity index (χ1v) is 29.8. The number of hydrogen-bond acceptors (Lipinski definition) is 5. The molecule has 5 nitrogen and oxygen atoms in total. The fourth-order valence-electron chi connectivity index (χ4n) is 17.0. The molecule has 5 heteroatoms. The molecule has 0 aromatic carbocycles. The molecule has 11 atom stereocenters. The molecule has 5 saturated carbocycles. The Bertz CT molecular complexity index is 1490. The maximum absolute atomic E-state index is 13.4. The molecule has 0 saturated heterocycles. The summed E-state index contributed by atoms with van der Waals surface area (Å²) < 4.78 is 12.7. The van der Waals surface area contributed by atoms with Crippen LogP contribution in [-0.4, -0.2) is 35.9 Å². The minimum atomic E-state index is -0.643. The quantitative estimate of drug-likeness (QED) is 0.0413. The Kier molecular flexibility index (Phi) is 22.7. The number of unbranched alkanes of at least 4 members (excludes halogenated alkanes) is 24. The second-order valence-electron chi connectivity index (χ2n) is 25.7. The first-order chi connectivity index (χ1) is 32.1. The number of allylic oxidation sites excluding steroid dienone is 1. The van der Waals surface area contributed by atoms with E-state index in [1.807, 2.05) is 0 Å². The van der Waals surface area contributed by atoms with Gasteiger partial charge in [-0.3, -0.25) is 9.59 Å². The number of carbonyl (C=O) groups excluding carboxylic acids is 2. The van der Waals surface area contributed by atoms with Gasteiger partial charge in [0.15, 0.2) is 0 Å². The fourth-order valence-corrected chi connectivity index (χ4v) is 17.0. The number of aliphatic hydroxyl groups excluding tert-OH is 1. The molecule has 67 heavy (non-hydrogen) atoms. The topological polar surface area (TPSA) is 72.8 Å². The molecule has 0 bridgehead atoms. The van der Waals surface area contributed by atoms with E-state index in [9.17, 15) is 14.7 Å². The Morgan fingerprint density at radius 2 is 1.03 bits per heavy atom. The van der Waals surface area contributed by atoms with E-state index in [-0.39, 0.29) is 39.0 Å². The third-order valence-corrected chi connectivity index (χ3v) is 20.9. The monoisotopic (exact) mass is 935 g/mol. The van der Waals surface area contributed by atoms with E-state index in [0.717, 1.165) is 51.4 Å². The van der Waals surface area contributed by atoms with Crippen LogP contribution >= 0.6 is 0 Å². The van der Waals surface area contributed by atoms with E-state index in [1.165, 1.54) is 179 Å². The Balaban J connectivity index is 1.10. The summed E-state index contributed by atoms with van der Waals surface area (Å²) in [4.78, 5) is 26.8. The van der Waals surface area contributed by atoms with E-state index >= 15 is 0 Å². The molecule has 5 aliphatic carbocycles. The summed E-state index contributed by atoms with van der Waals surface area (Å²) in [6.45, 7) is 24.5. The fraction of sp³-hybridized carbons (Fsp3) is 0.935. The SMILES string of the molecule is C=C(C)[C@@H]1CC[C@]2(COC(=O)CCCCCCCCCCCCCCC)CC[C@]3(C)[C@H](CC[C@@H]4[C@@]5(C)C[C@@H](O)[C@H](OC(=O)CCCCCCCCCCCCCCC)C(C)(C)[C@@H]5CC[C@]43C)[C@@H]12. The molecule has 5 rings (SSSR count). The first-order valence-electron chi connectivity index (χ1n) is 29.8. The van der Waals surface area contributed by atoms with Gasteiger partial charge in [-0.2, -0.15) is 0 Å². The summed E-state index contributed by atoms with van der Waals surface area (Å²) in [5.41, 5.74) is 1.37. The molecule has 0 spiro atoms. The lowest BCUT2D eigenvalue weighted by Gasteiger charge is -2.73. The van der Waals surface area contributed by atoms with Crippen LogP contribution in [-0.2, 0) is 19.1 Å². The number of rotatable bonds is 32. The summed E-state index contributed by atoms with van der Waals surface area (Å²) >= 11 is 0. The van der Waals surface area contributed by atoms with Gasteiger partial charge in [-0.15, -0.1) is 0 Å². The van der Waals surface area contributed by atoms with E-state index in [4.69, 9.17) is 9.47 Å². The summed E-state index contributed by atoms with van der Waals surface area (Å²) in [7, 11) is 0. The van der Waals surface area contributed by atoms with Gasteiger partial charge in [0.05, 0.1) is 12.7 Å². The van der Waals surface area contributed by atoms with Crippen molar-refractivity contribution in [3.8, 4) is 0 Å². The highest BCUT2D eigenvalue weighted by Crippen LogP contribution is 2.77. The van der Waals surface area contributed by atoms with E-state index < -0.39 is 12.2 Å². The van der Waals surface area contributed by atoms with Crippen LogP contribution in [0.3, 0.4) is 0 Å². The number of aliphatic hydroxyl groups is 1. The molecule has 388 valence electrons. The average Bonchev–Trinajstić information content (AvgIpc) is 3.68. The number of fused-ring (bicyclic) bond motifs is 7. The van der Waals surface area contributed by atoms with Gasteiger partial charge in [0.1, 0.15) is 6.10 Å². The van der Waals surface area contributed by atoms with Crippen LogP contribution in [0.2, 0.25) is 0 Å². The summed E-state index contributed by atoms with van der Waals surface area (Å²) in [5, 5.41) is 12.1. The molecule has 0 unspecified atom stereocenters. The van der Waals surface area contributed by atoms with Crippen molar-refractivity contribution in [1.82, 2.24) is 0 Å². The van der Waals surface area contributed by atoms with Crippen LogP contribution in [0.4, 0.5) is 0 Å². The summed E-state index contributed by atoms with van der Waals surface area (Å²) in [5.74, 6) is 2.37. The standard InChI is InChI=1S/C62H110O5/c1-10-12-14-16-18-20-22-24-26-28-30-32-34-36-54(64)66-47-62-43-40-49(48(3)4)56(62)50-38-39-53-59(7)46-51(63)57(58(5,6)52(59)41-42-61(53,9)60(50,8)44-45-62)67-55(65)37-35-33-31-29-27-25-23-21-19-17-15-13-11-2/h49-53,56-57,63H,3,10-47H2,1-2,4-9H3/t49-,50+,51+,52-,53+,56+,57-,59-,60+,61+,62+/m0/s1. The number of carbonyl (C=O) groups is 2. The first kappa shape index (κ1) is 56.6. The van der Waals surface area contributed by atoms with Gasteiger partial charge in [-0.05, 0) is 123 Å². The third kappa shape index (κ3) is 14.0. The highest BCUT2D eigenvalue weighted by molar-refractivity contribution is 5.70. The van der Waals surface area contributed by atoms with Crippen molar-refractivity contribution < 1.29 is 24.2 Å². The van der Waals surface area contributed by atoms with Crippen LogP contribution < -0.4 is 0 Å². The number of esters is 2. The Labute approximate surface area is 415 Å². The third-order valence-electron chi connectivity index (χ3n) is 20.9. The van der Waals surface area contributed by atoms with E-state index in [0.29, 0.717) is 49.0 Å². The Morgan fingerprint density at radius 3 is 1.52 bits per heavy atom. The van der Waals surface area contributed by atoms with Crippen molar-refractivity contribution in [2.45, 2.75) is 305 Å². The predicted octanol–water partition coefficient (Wildman–Crippen LogP) is 18.0. The second kappa shape index (κ2) is 26.9. The lowest BCUT2D eigenvalue weighted by molar-refractivity contribution is -0.267. The van der Waals surface area contributed by atoms with Gasteiger partial charge in [-0.25, -0.2) is 0 Å². The van der Waals surface area contributed by atoms with Gasteiger partial charge in [0.25, 0.3) is 0 Å². The Hall–Kier alpha value is -1.36. The summed E-state index contributed by atoms with van der Waals surface area (Å²) in [6, 6.07) is 0. The molecule has 5 aliphatic rings. The minimum absolute atomic E-state index is 0.0206. The summed E-state index contributed by atoms with van der Waals surface area (Å²) in [6.07, 6.45) is 43.8. The van der Waals surface area contributed by atoms with Crippen LogP contribution in [0.5, 0.6) is 0 Å². The van der Waals surface area contributed by atoms with Crippen LogP contribution in [0.15, 0.2) is 12.2 Å².